The maximum Gasteiger partial charge on any atom is 0.243 e. The van der Waals surface area contributed by atoms with Crippen molar-refractivity contribution in [2.24, 2.45) is 0 Å². The molecule has 1 heterocycles. The standard InChI is InChI=1S/C9H15NO3S3/c1-2-3-4-5-6-16(12,13)10-8(11)7-15-9(10)14/h7,11H,2-6H2,1H3. The molecule has 1 rings (SSSR count). The van der Waals surface area contributed by atoms with Crippen LogP contribution >= 0.6 is 23.6 Å². The molecule has 4 nitrogen and oxygen atoms in total. The molecule has 0 atom stereocenters. The van der Waals surface area contributed by atoms with Crippen LogP contribution in [0.1, 0.15) is 32.6 Å². The Kier molecular flexibility index (Phi) is 4.94. The molecular formula is C9H15NO3S3. The molecule has 0 unspecified atom stereocenters. The summed E-state index contributed by atoms with van der Waals surface area (Å²) in [5, 5.41) is 10.7. The number of nitrogens with zero attached hydrogens (tertiary/aromatic N) is 1. The highest BCUT2D eigenvalue weighted by atomic mass is 32.2. The lowest BCUT2D eigenvalue weighted by atomic mass is 10.2. The minimum atomic E-state index is -3.49. The maximum atomic E-state index is 11.8. The third kappa shape index (κ3) is 3.29. The van der Waals surface area contributed by atoms with Crippen molar-refractivity contribution >= 4 is 33.6 Å². The molecule has 1 aromatic rings. The minimum Gasteiger partial charge on any atom is -0.493 e. The van der Waals surface area contributed by atoms with Crippen molar-refractivity contribution in [1.82, 2.24) is 3.97 Å². The minimum absolute atomic E-state index is 0.0333. The molecule has 7 heteroatoms. The lowest BCUT2D eigenvalue weighted by Crippen LogP contribution is -2.16. The topological polar surface area (TPSA) is 59.3 Å². The molecule has 0 fully saturated rings. The molecule has 0 saturated heterocycles. The van der Waals surface area contributed by atoms with E-state index < -0.39 is 10.0 Å². The molecule has 1 N–H and O–H groups in total. The Hall–Kier alpha value is -0.400. The van der Waals surface area contributed by atoms with Crippen molar-refractivity contribution < 1.29 is 13.5 Å². The first kappa shape index (κ1) is 13.7. The van der Waals surface area contributed by atoms with Gasteiger partial charge in [-0.15, -0.1) is 11.3 Å². The second kappa shape index (κ2) is 5.79. The first-order chi connectivity index (χ1) is 7.49. The molecule has 0 radical (unpaired) electrons. The summed E-state index contributed by atoms with van der Waals surface area (Å²) < 4.78 is 24.7. The van der Waals surface area contributed by atoms with Gasteiger partial charge < -0.3 is 5.11 Å². The van der Waals surface area contributed by atoms with Crippen LogP contribution in [0.4, 0.5) is 0 Å². The Morgan fingerprint density at radius 2 is 2.12 bits per heavy atom. The van der Waals surface area contributed by atoms with Crippen molar-refractivity contribution in [1.29, 1.82) is 0 Å². The summed E-state index contributed by atoms with van der Waals surface area (Å²) in [6, 6.07) is 0. The Morgan fingerprint density at radius 1 is 1.44 bits per heavy atom. The van der Waals surface area contributed by atoms with E-state index in [-0.39, 0.29) is 15.6 Å². The normalized spacial score (nSPS) is 11.8. The zero-order valence-corrected chi connectivity index (χ0v) is 11.5. The van der Waals surface area contributed by atoms with Crippen LogP contribution in [0.3, 0.4) is 0 Å². The smallest absolute Gasteiger partial charge is 0.243 e. The molecule has 16 heavy (non-hydrogen) atoms. The summed E-state index contributed by atoms with van der Waals surface area (Å²) in [5.74, 6) is -0.253. The van der Waals surface area contributed by atoms with Crippen LogP contribution in [0.15, 0.2) is 5.38 Å². The van der Waals surface area contributed by atoms with Crippen molar-refractivity contribution in [3.05, 3.63) is 9.33 Å². The highest BCUT2D eigenvalue weighted by Gasteiger charge is 2.17. The zero-order chi connectivity index (χ0) is 12.2. The van der Waals surface area contributed by atoms with Gasteiger partial charge >= 0.3 is 0 Å². The van der Waals surface area contributed by atoms with Crippen molar-refractivity contribution in [2.45, 2.75) is 32.6 Å². The maximum absolute atomic E-state index is 11.8. The van der Waals surface area contributed by atoms with E-state index in [0.717, 1.165) is 34.6 Å². The number of hydrogen-bond acceptors (Lipinski definition) is 5. The van der Waals surface area contributed by atoms with Crippen LogP contribution in [0, 0.1) is 3.95 Å². The van der Waals surface area contributed by atoms with Crippen molar-refractivity contribution in [3.8, 4) is 5.88 Å². The van der Waals surface area contributed by atoms with E-state index in [1.54, 1.807) is 0 Å². The number of unbranched alkanes of at least 4 members (excludes halogenated alkanes) is 3. The fraction of sp³-hybridized carbons (Fsp3) is 0.667. The molecule has 0 amide bonds. The zero-order valence-electron chi connectivity index (χ0n) is 9.05. The Bertz CT molecular complexity index is 486. The third-order valence-corrected chi connectivity index (χ3v) is 5.32. The lowest BCUT2D eigenvalue weighted by Gasteiger charge is -2.05. The predicted octanol–water partition coefficient (Wildman–Crippen LogP) is 2.74. The first-order valence-corrected chi connectivity index (χ1v) is 8.01. The molecule has 0 bridgehead atoms. The predicted molar refractivity (Wildman–Crippen MR) is 68.1 cm³/mol. The van der Waals surface area contributed by atoms with Gasteiger partial charge in [-0.25, -0.2) is 8.42 Å². The Labute approximate surface area is 105 Å². The van der Waals surface area contributed by atoms with Crippen molar-refractivity contribution in [3.63, 3.8) is 0 Å². The fourth-order valence-electron chi connectivity index (χ4n) is 1.35. The number of rotatable bonds is 6. The average Bonchev–Trinajstić information content (AvgIpc) is 2.54. The number of aromatic nitrogens is 1. The summed E-state index contributed by atoms with van der Waals surface area (Å²) in [6.45, 7) is 2.06. The van der Waals surface area contributed by atoms with E-state index in [0.29, 0.717) is 6.42 Å². The highest BCUT2D eigenvalue weighted by molar-refractivity contribution is 7.90. The van der Waals surface area contributed by atoms with Crippen LogP contribution in [0.2, 0.25) is 0 Å². The highest BCUT2D eigenvalue weighted by Crippen LogP contribution is 2.20. The van der Waals surface area contributed by atoms with Crippen LogP contribution in [0.25, 0.3) is 0 Å². The van der Waals surface area contributed by atoms with Crippen LogP contribution in [-0.4, -0.2) is 23.2 Å². The second-order valence-electron chi connectivity index (χ2n) is 3.50. The van der Waals surface area contributed by atoms with Crippen LogP contribution in [-0.2, 0) is 10.0 Å². The summed E-state index contributed by atoms with van der Waals surface area (Å²) in [4.78, 5) is 0. The molecular weight excluding hydrogens is 266 g/mol. The van der Waals surface area contributed by atoms with E-state index >= 15 is 0 Å². The van der Waals surface area contributed by atoms with E-state index in [2.05, 4.69) is 6.92 Å². The van der Waals surface area contributed by atoms with E-state index in [9.17, 15) is 13.5 Å². The molecule has 0 aliphatic carbocycles. The molecule has 0 spiro atoms. The van der Waals surface area contributed by atoms with E-state index in [1.807, 2.05) is 0 Å². The van der Waals surface area contributed by atoms with E-state index in [4.69, 9.17) is 12.2 Å². The lowest BCUT2D eigenvalue weighted by molar-refractivity contribution is 0.444. The van der Waals surface area contributed by atoms with Gasteiger partial charge in [-0.05, 0) is 18.6 Å². The molecule has 0 aliphatic rings. The van der Waals surface area contributed by atoms with Gasteiger partial charge in [0.15, 0.2) is 3.95 Å². The summed E-state index contributed by atoms with van der Waals surface area (Å²) in [5.41, 5.74) is 0. The Balaban J connectivity index is 2.75. The van der Waals surface area contributed by atoms with Gasteiger partial charge in [-0.2, -0.15) is 3.97 Å². The van der Waals surface area contributed by atoms with Gasteiger partial charge in [-0.1, -0.05) is 26.2 Å². The number of aromatic hydroxyl groups is 1. The Morgan fingerprint density at radius 3 is 2.62 bits per heavy atom. The third-order valence-electron chi connectivity index (χ3n) is 2.17. The van der Waals surface area contributed by atoms with Crippen LogP contribution in [0.5, 0.6) is 5.88 Å². The summed E-state index contributed by atoms with van der Waals surface area (Å²) in [7, 11) is -3.49. The van der Waals surface area contributed by atoms with Gasteiger partial charge in [0, 0.05) is 0 Å². The number of thiazole rings is 1. The van der Waals surface area contributed by atoms with Gasteiger partial charge in [0.1, 0.15) is 0 Å². The molecule has 92 valence electrons. The fourth-order valence-corrected chi connectivity index (χ4v) is 4.28. The quantitative estimate of drug-likeness (QED) is 0.643. The SMILES string of the molecule is CCCCCCS(=O)(=O)n1c(O)csc1=S. The van der Waals surface area contributed by atoms with Crippen molar-refractivity contribution in [2.75, 3.05) is 5.75 Å². The molecule has 1 aromatic heterocycles. The molecule has 0 aromatic carbocycles. The molecule has 0 saturated carbocycles. The number of hydrogen-bond donors (Lipinski definition) is 1. The largest absolute Gasteiger partial charge is 0.493 e. The van der Waals surface area contributed by atoms with E-state index in [1.165, 1.54) is 5.38 Å². The average molecular weight is 281 g/mol. The van der Waals surface area contributed by atoms with Gasteiger partial charge in [0.25, 0.3) is 0 Å². The van der Waals surface area contributed by atoms with Crippen LogP contribution < -0.4 is 0 Å². The second-order valence-corrected chi connectivity index (χ2v) is 6.94. The first-order valence-electron chi connectivity index (χ1n) is 5.12. The summed E-state index contributed by atoms with van der Waals surface area (Å²) in [6.07, 6.45) is 3.57. The van der Waals surface area contributed by atoms with Gasteiger partial charge in [0.2, 0.25) is 15.9 Å². The van der Waals surface area contributed by atoms with Gasteiger partial charge in [-0.3, -0.25) is 0 Å². The summed E-state index contributed by atoms with van der Waals surface area (Å²) >= 11 is 5.92. The molecule has 0 aliphatic heterocycles. The van der Waals surface area contributed by atoms with Gasteiger partial charge in [0.05, 0.1) is 11.1 Å². The monoisotopic (exact) mass is 281 g/mol.